The molecule has 32 heavy (non-hydrogen) atoms. The average Bonchev–Trinajstić information content (AvgIpc) is 2.84. The van der Waals surface area contributed by atoms with Crippen LogP contribution in [0.1, 0.15) is 75.1 Å². The topological polar surface area (TPSA) is 96.2 Å². The lowest BCUT2D eigenvalue weighted by atomic mass is 9.93. The van der Waals surface area contributed by atoms with Gasteiger partial charge in [0.1, 0.15) is 11.6 Å². The zero-order valence-electron chi connectivity index (χ0n) is 18.7. The summed E-state index contributed by atoms with van der Waals surface area (Å²) < 4.78 is 1.53. The highest BCUT2D eigenvalue weighted by atomic mass is 16.3. The van der Waals surface area contributed by atoms with E-state index in [2.05, 4.69) is 26.5 Å². The Hall–Kier alpha value is -2.48. The first kappa shape index (κ1) is 21.4. The monoisotopic (exact) mass is 438 g/mol. The lowest BCUT2D eigenvalue weighted by Gasteiger charge is -2.37. The summed E-state index contributed by atoms with van der Waals surface area (Å²) in [6.07, 6.45) is 11.0. The summed E-state index contributed by atoms with van der Waals surface area (Å²) in [5, 5.41) is 27.6. The summed E-state index contributed by atoms with van der Waals surface area (Å²) in [6, 6.07) is 5.67. The van der Waals surface area contributed by atoms with Gasteiger partial charge in [-0.05, 0) is 75.5 Å². The van der Waals surface area contributed by atoms with E-state index in [1.165, 1.54) is 29.5 Å². The molecule has 3 atom stereocenters. The van der Waals surface area contributed by atoms with Crippen LogP contribution in [-0.2, 0) is 12.8 Å². The van der Waals surface area contributed by atoms with Gasteiger partial charge in [-0.2, -0.15) is 10.2 Å². The molecular weight excluding hydrogens is 404 g/mol. The molecular formula is C24H34N6O2. The lowest BCUT2D eigenvalue weighted by molar-refractivity contribution is 0.0669. The average molecular weight is 439 g/mol. The van der Waals surface area contributed by atoms with Crippen LogP contribution in [0.5, 0.6) is 0 Å². The molecule has 2 aromatic heterocycles. The molecule has 0 radical (unpaired) electrons. The highest BCUT2D eigenvalue weighted by Gasteiger charge is 2.29. The third kappa shape index (κ3) is 4.51. The second kappa shape index (κ2) is 9.57. The van der Waals surface area contributed by atoms with Crippen LogP contribution in [0.2, 0.25) is 0 Å². The second-order valence-corrected chi connectivity index (χ2v) is 9.53. The number of fused-ring (bicyclic) bond motifs is 1. The van der Waals surface area contributed by atoms with E-state index in [0.717, 1.165) is 81.8 Å². The summed E-state index contributed by atoms with van der Waals surface area (Å²) in [5.74, 6) is 1.67. The number of rotatable bonds is 5. The molecule has 2 fully saturated rings. The number of nitrogens with one attached hydrogen (secondary N) is 1. The van der Waals surface area contributed by atoms with Crippen molar-refractivity contribution in [3.8, 4) is 0 Å². The number of aliphatic hydroxyl groups excluding tert-OH is 1. The van der Waals surface area contributed by atoms with Gasteiger partial charge in [-0.15, -0.1) is 5.10 Å². The summed E-state index contributed by atoms with van der Waals surface area (Å²) >= 11 is 0. The third-order valence-corrected chi connectivity index (χ3v) is 7.33. The van der Waals surface area contributed by atoms with Gasteiger partial charge >= 0.3 is 0 Å². The first-order valence-corrected chi connectivity index (χ1v) is 12.3. The normalized spacial score (nSPS) is 25.9. The Morgan fingerprint density at radius 3 is 2.75 bits per heavy atom. The molecule has 3 heterocycles. The Balaban J connectivity index is 1.32. The third-order valence-electron chi connectivity index (χ3n) is 7.33. The molecule has 1 saturated heterocycles. The van der Waals surface area contributed by atoms with E-state index >= 15 is 0 Å². The van der Waals surface area contributed by atoms with E-state index in [-0.39, 0.29) is 17.6 Å². The van der Waals surface area contributed by atoms with Crippen LogP contribution in [0.25, 0.3) is 0 Å². The maximum atomic E-state index is 12.6. The number of anilines is 2. The number of hydrogen-bond acceptors (Lipinski definition) is 7. The minimum Gasteiger partial charge on any atom is -0.391 e. The van der Waals surface area contributed by atoms with Gasteiger partial charge in [-0.3, -0.25) is 4.79 Å². The standard InChI is InChI=1S/C24H34N6O2/c31-21-11-4-3-10-20(21)30-24(32)13-12-23(28-30)29-14-6-5-8-18(29)16-25-22-15-17-7-1-2-9-19(17)26-27-22/h12-13,15,18,20-21,31H,1-11,14,16H2,(H,25,27). The van der Waals surface area contributed by atoms with Gasteiger partial charge in [-0.25, -0.2) is 4.68 Å². The van der Waals surface area contributed by atoms with Crippen LogP contribution in [0.3, 0.4) is 0 Å². The van der Waals surface area contributed by atoms with E-state index in [0.29, 0.717) is 0 Å². The quantitative estimate of drug-likeness (QED) is 0.741. The van der Waals surface area contributed by atoms with Gasteiger partial charge in [-0.1, -0.05) is 12.8 Å². The molecule has 0 bridgehead atoms. The molecule has 0 amide bonds. The van der Waals surface area contributed by atoms with E-state index in [1.54, 1.807) is 6.07 Å². The van der Waals surface area contributed by atoms with Gasteiger partial charge in [0.2, 0.25) is 0 Å². The largest absolute Gasteiger partial charge is 0.391 e. The molecule has 0 spiro atoms. The minimum absolute atomic E-state index is 0.129. The van der Waals surface area contributed by atoms with Crippen LogP contribution < -0.4 is 15.8 Å². The van der Waals surface area contributed by atoms with Gasteiger partial charge in [0.25, 0.3) is 5.56 Å². The van der Waals surface area contributed by atoms with Crippen molar-refractivity contribution in [1.82, 2.24) is 20.0 Å². The molecule has 3 unspecified atom stereocenters. The summed E-state index contributed by atoms with van der Waals surface area (Å²) in [6.45, 7) is 1.68. The smallest absolute Gasteiger partial charge is 0.267 e. The number of hydrogen-bond donors (Lipinski definition) is 2. The van der Waals surface area contributed by atoms with Crippen LogP contribution in [0.4, 0.5) is 11.6 Å². The van der Waals surface area contributed by atoms with Crippen molar-refractivity contribution in [2.45, 2.75) is 88.8 Å². The van der Waals surface area contributed by atoms with Gasteiger partial charge in [0.15, 0.2) is 0 Å². The molecule has 2 aliphatic carbocycles. The SMILES string of the molecule is O=c1ccc(N2CCCCC2CNc2cc3c(nn2)CCCC3)nn1C1CCCCC1O. The first-order chi connectivity index (χ1) is 15.7. The zero-order valence-corrected chi connectivity index (χ0v) is 18.7. The maximum absolute atomic E-state index is 12.6. The molecule has 3 aliphatic rings. The van der Waals surface area contributed by atoms with Crippen LogP contribution >= 0.6 is 0 Å². The predicted molar refractivity (Wildman–Crippen MR) is 124 cm³/mol. The fourth-order valence-electron chi connectivity index (χ4n) is 5.50. The van der Waals surface area contributed by atoms with E-state index in [1.807, 2.05) is 6.07 Å². The van der Waals surface area contributed by atoms with Crippen molar-refractivity contribution in [2.24, 2.45) is 0 Å². The summed E-state index contributed by atoms with van der Waals surface area (Å²) in [5.41, 5.74) is 2.35. The van der Waals surface area contributed by atoms with Crippen LogP contribution in [-0.4, -0.2) is 50.3 Å². The van der Waals surface area contributed by atoms with Crippen molar-refractivity contribution >= 4 is 11.6 Å². The minimum atomic E-state index is -0.495. The molecule has 2 aromatic rings. The molecule has 172 valence electrons. The summed E-state index contributed by atoms with van der Waals surface area (Å²) in [7, 11) is 0. The summed E-state index contributed by atoms with van der Waals surface area (Å²) in [4.78, 5) is 14.9. The Morgan fingerprint density at radius 2 is 1.84 bits per heavy atom. The number of aryl methyl sites for hydroxylation is 2. The van der Waals surface area contributed by atoms with E-state index in [4.69, 9.17) is 5.10 Å². The highest BCUT2D eigenvalue weighted by molar-refractivity contribution is 5.42. The van der Waals surface area contributed by atoms with Crippen molar-refractivity contribution < 1.29 is 5.11 Å². The predicted octanol–water partition coefficient (Wildman–Crippen LogP) is 2.86. The van der Waals surface area contributed by atoms with Gasteiger partial charge in [0, 0.05) is 25.2 Å². The van der Waals surface area contributed by atoms with E-state index in [9.17, 15) is 9.90 Å². The zero-order chi connectivity index (χ0) is 21.9. The molecule has 1 aliphatic heterocycles. The van der Waals surface area contributed by atoms with Crippen molar-refractivity contribution in [3.05, 3.63) is 39.8 Å². The number of aromatic nitrogens is 4. The molecule has 8 heteroatoms. The maximum Gasteiger partial charge on any atom is 0.267 e. The number of piperidine rings is 1. The van der Waals surface area contributed by atoms with Crippen molar-refractivity contribution in [3.63, 3.8) is 0 Å². The lowest BCUT2D eigenvalue weighted by Crippen LogP contribution is -2.45. The number of aliphatic hydroxyl groups is 1. The van der Waals surface area contributed by atoms with E-state index < -0.39 is 6.10 Å². The second-order valence-electron chi connectivity index (χ2n) is 9.53. The highest BCUT2D eigenvalue weighted by Crippen LogP contribution is 2.29. The molecule has 5 rings (SSSR count). The Morgan fingerprint density at radius 1 is 1.00 bits per heavy atom. The van der Waals surface area contributed by atoms with Crippen LogP contribution in [0.15, 0.2) is 23.0 Å². The first-order valence-electron chi connectivity index (χ1n) is 12.3. The number of nitrogens with zero attached hydrogens (tertiary/aromatic N) is 5. The Kier molecular flexibility index (Phi) is 6.39. The molecule has 8 nitrogen and oxygen atoms in total. The molecule has 0 aromatic carbocycles. The Labute approximate surface area is 189 Å². The van der Waals surface area contributed by atoms with Gasteiger partial charge < -0.3 is 15.3 Å². The fraction of sp³-hybridized carbons (Fsp3) is 0.667. The van der Waals surface area contributed by atoms with Gasteiger partial charge in [0.05, 0.1) is 17.8 Å². The van der Waals surface area contributed by atoms with Crippen LogP contribution in [0, 0.1) is 0 Å². The van der Waals surface area contributed by atoms with Crippen molar-refractivity contribution in [1.29, 1.82) is 0 Å². The Bertz CT molecular complexity index is 993. The molecule has 2 N–H and O–H groups in total. The molecule has 1 saturated carbocycles. The van der Waals surface area contributed by atoms with Crippen molar-refractivity contribution in [2.75, 3.05) is 23.3 Å². The fourth-order valence-corrected chi connectivity index (χ4v) is 5.50.